The van der Waals surface area contributed by atoms with Crippen LogP contribution in [0.1, 0.15) is 27.2 Å². The molecule has 3 aromatic rings. The summed E-state index contributed by atoms with van der Waals surface area (Å²) < 4.78 is 37.1. The van der Waals surface area contributed by atoms with Gasteiger partial charge in [0.05, 0.1) is 15.6 Å². The molecule has 0 radical (unpaired) electrons. The molecule has 0 unspecified atom stereocenters. The zero-order valence-corrected chi connectivity index (χ0v) is 25.8. The molecule has 0 N–H and O–H groups in total. The van der Waals surface area contributed by atoms with E-state index in [0.717, 1.165) is 9.50 Å². The predicted molar refractivity (Wildman–Crippen MR) is 151 cm³/mol. The predicted octanol–water partition coefficient (Wildman–Crippen LogP) is 5.59. The van der Waals surface area contributed by atoms with Crippen molar-refractivity contribution in [3.63, 3.8) is 0 Å². The van der Waals surface area contributed by atoms with Crippen molar-refractivity contribution >= 4 is 57.4 Å². The van der Waals surface area contributed by atoms with E-state index in [4.69, 9.17) is 4.43 Å². The lowest BCUT2D eigenvalue weighted by Gasteiger charge is -2.36. The van der Waals surface area contributed by atoms with Gasteiger partial charge in [0.2, 0.25) is 10.0 Å². The molecule has 37 heavy (non-hydrogen) atoms. The summed E-state index contributed by atoms with van der Waals surface area (Å²) in [5.74, 6) is 0.415. The summed E-state index contributed by atoms with van der Waals surface area (Å²) in [5.41, 5.74) is 0.229. The van der Waals surface area contributed by atoms with Gasteiger partial charge in [0.1, 0.15) is 5.03 Å². The number of fused-ring (bicyclic) bond motifs is 1. The van der Waals surface area contributed by atoms with Gasteiger partial charge in [-0.25, -0.2) is 17.9 Å². The van der Waals surface area contributed by atoms with Crippen LogP contribution < -0.4 is 0 Å². The maximum atomic E-state index is 13.6. The van der Waals surface area contributed by atoms with E-state index in [2.05, 4.69) is 59.9 Å². The van der Waals surface area contributed by atoms with Crippen molar-refractivity contribution in [2.45, 2.75) is 55.2 Å². The lowest BCUT2D eigenvalue weighted by Crippen LogP contribution is -2.41. The fourth-order valence-electron chi connectivity index (χ4n) is 3.26. The van der Waals surface area contributed by atoms with Gasteiger partial charge in [0.15, 0.2) is 18.9 Å². The Labute approximate surface area is 231 Å². The Balaban J connectivity index is 1.76. The van der Waals surface area contributed by atoms with E-state index < -0.39 is 29.0 Å². The number of sulfonamides is 1. The van der Waals surface area contributed by atoms with Crippen LogP contribution in [0.5, 0.6) is 0 Å². The molecule has 0 amide bonds. The van der Waals surface area contributed by atoms with Gasteiger partial charge in [-0.2, -0.15) is 9.40 Å². The summed E-state index contributed by atoms with van der Waals surface area (Å²) in [6.07, 6.45) is 3.92. The Morgan fingerprint density at radius 2 is 1.92 bits per heavy atom. The molecule has 0 fully saturated rings. The van der Waals surface area contributed by atoms with Crippen LogP contribution in [-0.2, 0) is 14.4 Å². The van der Waals surface area contributed by atoms with Gasteiger partial charge in [0.25, 0.3) is 5.69 Å². The number of para-hydroxylation sites is 1. The van der Waals surface area contributed by atoms with Crippen LogP contribution in [-0.4, -0.2) is 66.0 Å². The Kier molecular flexibility index (Phi) is 9.56. The number of hydrogen-bond donors (Lipinski definition) is 0. The number of benzene rings is 1. The van der Waals surface area contributed by atoms with Gasteiger partial charge >= 0.3 is 0 Å². The largest absolute Gasteiger partial charge is 0.417 e. The summed E-state index contributed by atoms with van der Waals surface area (Å²) in [6, 6.07) is 7.26. The van der Waals surface area contributed by atoms with Crippen molar-refractivity contribution in [1.82, 2.24) is 18.9 Å². The number of thioether (sulfide) groups is 1. The van der Waals surface area contributed by atoms with Gasteiger partial charge in [-0.15, -0.1) is 11.8 Å². The molecule has 0 spiro atoms. The molecule has 14 heteroatoms. The topological polar surface area (TPSA) is 120 Å². The van der Waals surface area contributed by atoms with Crippen molar-refractivity contribution in [1.29, 1.82) is 0 Å². The number of hydrogen-bond acceptors (Lipinski definition) is 8. The number of nitro benzene ring substituents is 1. The number of nitrogens with zero attached hydrogens (tertiary/aromatic N) is 5. The second-order valence-electron chi connectivity index (χ2n) is 9.97. The van der Waals surface area contributed by atoms with Gasteiger partial charge in [-0.1, -0.05) is 32.9 Å². The third kappa shape index (κ3) is 7.18. The van der Waals surface area contributed by atoms with E-state index >= 15 is 0 Å². The van der Waals surface area contributed by atoms with E-state index in [0.29, 0.717) is 24.4 Å². The van der Waals surface area contributed by atoms with E-state index in [-0.39, 0.29) is 23.0 Å². The maximum absolute atomic E-state index is 13.6. The van der Waals surface area contributed by atoms with Gasteiger partial charge in [-0.3, -0.25) is 10.1 Å². The number of aromatic nitrogens is 3. The minimum absolute atomic E-state index is 0.0403. The zero-order chi connectivity index (χ0) is 27.4. The second-order valence-corrected chi connectivity index (χ2v) is 18.7. The molecule has 2 aromatic heterocycles. The fourth-order valence-corrected chi connectivity index (χ4v) is 7.29. The summed E-state index contributed by atoms with van der Waals surface area (Å²) in [7, 11) is -6.10. The number of nitro groups is 1. The molecule has 0 saturated carbocycles. The molecule has 0 atom stereocenters. The van der Waals surface area contributed by atoms with Crippen molar-refractivity contribution in [2.75, 3.05) is 25.4 Å². The molecular weight excluding hydrogens is 598 g/mol. The van der Waals surface area contributed by atoms with Crippen LogP contribution in [0.25, 0.3) is 5.65 Å². The highest BCUT2D eigenvalue weighted by Gasteiger charge is 2.37. The van der Waals surface area contributed by atoms with E-state index in [1.165, 1.54) is 40.3 Å². The minimum atomic E-state index is -4.12. The zero-order valence-electron chi connectivity index (χ0n) is 21.5. The van der Waals surface area contributed by atoms with Crippen LogP contribution in [0.2, 0.25) is 18.1 Å². The monoisotopic (exact) mass is 629 g/mol. The smallest absolute Gasteiger partial charge is 0.289 e. The number of halogens is 1. The highest BCUT2D eigenvalue weighted by atomic mass is 79.9. The third-order valence-electron chi connectivity index (χ3n) is 6.39. The Hall–Kier alpha value is -1.84. The SMILES string of the molecule is CC(C)(C)[Si](C)(C)OCCCN(CCSc1ccn2ncc(Br)c2n1)S(=O)(=O)c1ccccc1[N+](=O)[O-]. The third-order valence-corrected chi connectivity index (χ3v) is 14.3. The molecule has 202 valence electrons. The molecule has 0 saturated heterocycles. The molecule has 0 aliphatic carbocycles. The molecule has 0 aliphatic rings. The minimum Gasteiger partial charge on any atom is -0.417 e. The van der Waals surface area contributed by atoms with Gasteiger partial charge in [0, 0.05) is 37.7 Å². The summed E-state index contributed by atoms with van der Waals surface area (Å²) >= 11 is 4.82. The Morgan fingerprint density at radius 3 is 2.59 bits per heavy atom. The van der Waals surface area contributed by atoms with E-state index in [1.807, 2.05) is 6.07 Å². The molecule has 0 aliphatic heterocycles. The molecule has 0 bridgehead atoms. The van der Waals surface area contributed by atoms with Crippen LogP contribution >= 0.6 is 27.7 Å². The first-order valence-electron chi connectivity index (χ1n) is 11.7. The maximum Gasteiger partial charge on any atom is 0.289 e. The molecule has 2 heterocycles. The average Bonchev–Trinajstić information content (AvgIpc) is 3.19. The second kappa shape index (κ2) is 11.9. The summed E-state index contributed by atoms with van der Waals surface area (Å²) in [6.45, 7) is 11.5. The molecule has 10 nitrogen and oxygen atoms in total. The first kappa shape index (κ1) is 29.7. The highest BCUT2D eigenvalue weighted by molar-refractivity contribution is 9.10. The molecule has 1 aromatic carbocycles. The highest BCUT2D eigenvalue weighted by Crippen LogP contribution is 2.36. The lowest BCUT2D eigenvalue weighted by molar-refractivity contribution is -0.387. The summed E-state index contributed by atoms with van der Waals surface area (Å²) in [5, 5.41) is 16.5. The van der Waals surface area contributed by atoms with Gasteiger partial charge in [-0.05, 0) is 52.6 Å². The first-order valence-corrected chi connectivity index (χ1v) is 17.9. The standard InChI is InChI=1S/C23H32BrN5O5S2Si/c1-23(2,3)37(4,5)34-15-8-12-27(36(32,33)20-10-7-6-9-19(20)29(30)31)14-16-35-21-11-13-28-22(26-21)18(24)17-25-28/h6-7,9-11,13,17H,8,12,14-16H2,1-5H3. The van der Waals surface area contributed by atoms with E-state index in [1.54, 1.807) is 16.9 Å². The first-order chi connectivity index (χ1) is 17.2. The quantitative estimate of drug-likeness (QED) is 0.0634. The number of rotatable bonds is 12. The van der Waals surface area contributed by atoms with Crippen LogP contribution in [0.15, 0.2) is 57.1 Å². The average molecular weight is 631 g/mol. The van der Waals surface area contributed by atoms with Gasteiger partial charge < -0.3 is 4.43 Å². The van der Waals surface area contributed by atoms with Crippen molar-refractivity contribution in [3.05, 3.63) is 57.3 Å². The Morgan fingerprint density at radius 1 is 1.22 bits per heavy atom. The lowest BCUT2D eigenvalue weighted by atomic mass is 10.2. The molecular formula is C23H32BrN5O5S2Si. The summed E-state index contributed by atoms with van der Waals surface area (Å²) in [4.78, 5) is 15.1. The fraction of sp³-hybridized carbons (Fsp3) is 0.478. The van der Waals surface area contributed by atoms with Crippen LogP contribution in [0.3, 0.4) is 0 Å². The van der Waals surface area contributed by atoms with Crippen LogP contribution in [0, 0.1) is 10.1 Å². The normalized spacial score (nSPS) is 12.9. The van der Waals surface area contributed by atoms with Crippen LogP contribution in [0.4, 0.5) is 5.69 Å². The molecule has 3 rings (SSSR count). The Bertz CT molecular complexity index is 1360. The van der Waals surface area contributed by atoms with E-state index in [9.17, 15) is 18.5 Å². The van der Waals surface area contributed by atoms with Crippen molar-refractivity contribution < 1.29 is 17.8 Å². The van der Waals surface area contributed by atoms with Crippen molar-refractivity contribution in [2.24, 2.45) is 0 Å². The van der Waals surface area contributed by atoms with Crippen molar-refractivity contribution in [3.8, 4) is 0 Å².